The summed E-state index contributed by atoms with van der Waals surface area (Å²) in [6.45, 7) is 7.23. The first kappa shape index (κ1) is 17.0. The van der Waals surface area contributed by atoms with Crippen LogP contribution in [-0.4, -0.2) is 33.2 Å². The number of nitrogens with zero attached hydrogens (tertiary/aromatic N) is 1. The molecule has 24 heavy (non-hydrogen) atoms. The van der Waals surface area contributed by atoms with E-state index in [9.17, 15) is 10.2 Å². The van der Waals surface area contributed by atoms with Crippen LogP contribution in [0.15, 0.2) is 42.5 Å². The van der Waals surface area contributed by atoms with Gasteiger partial charge in [-0.3, -0.25) is 0 Å². The predicted octanol–water partition coefficient (Wildman–Crippen LogP) is 3.38. The van der Waals surface area contributed by atoms with Crippen molar-refractivity contribution in [3.05, 3.63) is 53.6 Å². The summed E-state index contributed by atoms with van der Waals surface area (Å²) in [7, 11) is 0. The molecule has 4 nitrogen and oxygen atoms in total. The van der Waals surface area contributed by atoms with Crippen LogP contribution < -0.4 is 5.32 Å². The largest absolute Gasteiger partial charge is 0.379 e. The first-order chi connectivity index (χ1) is 11.3. The summed E-state index contributed by atoms with van der Waals surface area (Å²) in [5, 5.41) is 23.4. The lowest BCUT2D eigenvalue weighted by Crippen LogP contribution is -2.57. The van der Waals surface area contributed by atoms with Crippen molar-refractivity contribution >= 4 is 5.69 Å². The molecule has 2 aromatic carbocycles. The molecule has 0 aliphatic heterocycles. The van der Waals surface area contributed by atoms with Gasteiger partial charge in [-0.25, -0.2) is 4.90 Å². The van der Waals surface area contributed by atoms with Gasteiger partial charge in [-0.15, -0.1) is 0 Å². The van der Waals surface area contributed by atoms with E-state index in [1.54, 1.807) is 18.7 Å². The van der Waals surface area contributed by atoms with Gasteiger partial charge in [-0.05, 0) is 68.5 Å². The third-order valence-electron chi connectivity index (χ3n) is 4.69. The standard InChI is InChI=1S/C20H26N2O2/c1-13(23)22(14(2)24)20(3,4)21-17-9-10-19-16(12-17)11-15-7-5-6-8-18(15)19/h5-10,12-14,21,23-24H,11H2,1-4H3. The van der Waals surface area contributed by atoms with E-state index in [4.69, 9.17) is 0 Å². The van der Waals surface area contributed by atoms with Gasteiger partial charge >= 0.3 is 0 Å². The van der Waals surface area contributed by atoms with Crippen molar-refractivity contribution in [1.82, 2.24) is 4.90 Å². The van der Waals surface area contributed by atoms with Gasteiger partial charge in [-0.1, -0.05) is 30.3 Å². The minimum Gasteiger partial charge on any atom is -0.379 e. The number of aliphatic hydroxyl groups excluding tert-OH is 2. The van der Waals surface area contributed by atoms with Gasteiger partial charge in [0.25, 0.3) is 0 Å². The molecular weight excluding hydrogens is 300 g/mol. The van der Waals surface area contributed by atoms with E-state index in [1.165, 1.54) is 22.3 Å². The molecule has 0 saturated heterocycles. The smallest absolute Gasteiger partial charge is 0.108 e. The third kappa shape index (κ3) is 3.05. The van der Waals surface area contributed by atoms with E-state index in [0.717, 1.165) is 12.1 Å². The number of benzene rings is 2. The SMILES string of the molecule is CC(O)N(C(C)O)C(C)(C)Nc1ccc2c(c1)Cc1ccccc1-2. The van der Waals surface area contributed by atoms with E-state index in [0.29, 0.717) is 0 Å². The Morgan fingerprint density at radius 1 is 0.958 bits per heavy atom. The summed E-state index contributed by atoms with van der Waals surface area (Å²) in [6, 6.07) is 14.9. The Hall–Kier alpha value is -1.88. The van der Waals surface area contributed by atoms with Crippen LogP contribution in [0, 0.1) is 0 Å². The van der Waals surface area contributed by atoms with Crippen LogP contribution >= 0.6 is 0 Å². The van der Waals surface area contributed by atoms with Crippen LogP contribution in [-0.2, 0) is 6.42 Å². The summed E-state index contributed by atoms with van der Waals surface area (Å²) in [6.07, 6.45) is -0.574. The molecule has 2 aromatic rings. The van der Waals surface area contributed by atoms with Crippen molar-refractivity contribution in [3.8, 4) is 11.1 Å². The monoisotopic (exact) mass is 326 g/mol. The number of rotatable bonds is 5. The van der Waals surface area contributed by atoms with E-state index in [-0.39, 0.29) is 0 Å². The highest BCUT2D eigenvalue weighted by molar-refractivity contribution is 5.78. The average molecular weight is 326 g/mol. The highest BCUT2D eigenvalue weighted by atomic mass is 16.3. The highest BCUT2D eigenvalue weighted by Gasteiger charge is 2.33. The summed E-state index contributed by atoms with van der Waals surface area (Å²) in [5.74, 6) is 0. The average Bonchev–Trinajstić information content (AvgIpc) is 2.82. The highest BCUT2D eigenvalue weighted by Crippen LogP contribution is 2.38. The Kier molecular flexibility index (Phi) is 4.38. The minimum absolute atomic E-state index is 0.595. The lowest BCUT2D eigenvalue weighted by molar-refractivity contribution is -0.128. The molecule has 4 heteroatoms. The molecule has 0 spiro atoms. The number of fused-ring (bicyclic) bond motifs is 3. The van der Waals surface area contributed by atoms with Gasteiger partial charge in [0.05, 0.1) is 5.66 Å². The summed E-state index contributed by atoms with van der Waals surface area (Å²) >= 11 is 0. The lowest BCUT2D eigenvalue weighted by Gasteiger charge is -2.43. The number of hydrogen-bond donors (Lipinski definition) is 3. The molecule has 0 aromatic heterocycles. The predicted molar refractivity (Wildman–Crippen MR) is 97.6 cm³/mol. The Labute approximate surface area is 143 Å². The minimum atomic E-state index is -0.758. The molecule has 2 unspecified atom stereocenters. The molecule has 0 fully saturated rings. The van der Waals surface area contributed by atoms with Gasteiger partial charge in [0.2, 0.25) is 0 Å². The molecule has 0 heterocycles. The second kappa shape index (κ2) is 6.20. The topological polar surface area (TPSA) is 55.7 Å². The molecule has 0 bridgehead atoms. The van der Waals surface area contributed by atoms with Gasteiger partial charge in [0.15, 0.2) is 0 Å². The fraction of sp³-hybridized carbons (Fsp3) is 0.400. The summed E-state index contributed by atoms with van der Waals surface area (Å²) < 4.78 is 0. The van der Waals surface area contributed by atoms with Gasteiger partial charge < -0.3 is 15.5 Å². The molecule has 0 amide bonds. The first-order valence-corrected chi connectivity index (χ1v) is 8.43. The number of hydrogen-bond acceptors (Lipinski definition) is 4. The zero-order chi connectivity index (χ0) is 17.5. The Bertz CT molecular complexity index is 730. The quantitative estimate of drug-likeness (QED) is 0.629. The lowest BCUT2D eigenvalue weighted by atomic mass is 10.0. The van der Waals surface area contributed by atoms with Gasteiger partial charge in [0.1, 0.15) is 12.5 Å². The number of aliphatic hydroxyl groups is 2. The van der Waals surface area contributed by atoms with Crippen molar-refractivity contribution in [2.45, 2.75) is 52.2 Å². The van der Waals surface area contributed by atoms with E-state index >= 15 is 0 Å². The fourth-order valence-electron chi connectivity index (χ4n) is 3.89. The second-order valence-electron chi connectivity index (χ2n) is 7.06. The molecule has 128 valence electrons. The summed E-state index contributed by atoms with van der Waals surface area (Å²) in [4.78, 5) is 1.63. The van der Waals surface area contributed by atoms with Crippen molar-refractivity contribution < 1.29 is 10.2 Å². The Balaban J connectivity index is 1.86. The number of nitrogens with one attached hydrogen (secondary N) is 1. The van der Waals surface area contributed by atoms with Gasteiger partial charge in [0, 0.05) is 5.69 Å². The van der Waals surface area contributed by atoms with Crippen LogP contribution in [0.5, 0.6) is 0 Å². The van der Waals surface area contributed by atoms with E-state index in [2.05, 4.69) is 47.8 Å². The fourth-order valence-corrected chi connectivity index (χ4v) is 3.89. The van der Waals surface area contributed by atoms with Crippen molar-refractivity contribution in [2.75, 3.05) is 5.32 Å². The van der Waals surface area contributed by atoms with Crippen molar-refractivity contribution in [3.63, 3.8) is 0 Å². The first-order valence-electron chi connectivity index (χ1n) is 8.43. The molecule has 2 atom stereocenters. The maximum atomic E-state index is 10.00. The maximum Gasteiger partial charge on any atom is 0.108 e. The van der Waals surface area contributed by atoms with Crippen molar-refractivity contribution in [2.24, 2.45) is 0 Å². The maximum absolute atomic E-state index is 10.00. The normalized spacial score (nSPS) is 15.8. The Morgan fingerprint density at radius 3 is 2.25 bits per heavy atom. The third-order valence-corrected chi connectivity index (χ3v) is 4.69. The molecular formula is C20H26N2O2. The molecule has 3 N–H and O–H groups in total. The zero-order valence-electron chi connectivity index (χ0n) is 14.7. The van der Waals surface area contributed by atoms with E-state index < -0.39 is 18.1 Å². The van der Waals surface area contributed by atoms with Gasteiger partial charge in [-0.2, -0.15) is 0 Å². The molecule has 3 rings (SSSR count). The van der Waals surface area contributed by atoms with E-state index in [1.807, 2.05) is 13.8 Å². The van der Waals surface area contributed by atoms with Crippen LogP contribution in [0.2, 0.25) is 0 Å². The Morgan fingerprint density at radius 2 is 1.58 bits per heavy atom. The molecule has 0 saturated carbocycles. The van der Waals surface area contributed by atoms with Crippen molar-refractivity contribution in [1.29, 1.82) is 0 Å². The van der Waals surface area contributed by atoms with Crippen LogP contribution in [0.25, 0.3) is 11.1 Å². The molecule has 0 radical (unpaired) electrons. The molecule has 1 aliphatic carbocycles. The zero-order valence-corrected chi connectivity index (χ0v) is 14.7. The second-order valence-corrected chi connectivity index (χ2v) is 7.06. The van der Waals surface area contributed by atoms with Crippen LogP contribution in [0.3, 0.4) is 0 Å². The van der Waals surface area contributed by atoms with Crippen LogP contribution in [0.1, 0.15) is 38.8 Å². The van der Waals surface area contributed by atoms with Crippen LogP contribution in [0.4, 0.5) is 5.69 Å². The summed E-state index contributed by atoms with van der Waals surface area (Å²) in [5.41, 5.74) is 5.65. The molecule has 1 aliphatic rings. The number of anilines is 1.